The summed E-state index contributed by atoms with van der Waals surface area (Å²) >= 11 is 5.94. The number of ether oxygens (including phenoxy) is 3. The Morgan fingerprint density at radius 3 is 2.28 bits per heavy atom. The van der Waals surface area contributed by atoms with Crippen molar-refractivity contribution >= 4 is 23.7 Å². The molecule has 15 heteroatoms. The van der Waals surface area contributed by atoms with Gasteiger partial charge in [-0.2, -0.15) is 0 Å². The molecule has 0 saturated heterocycles. The minimum absolute atomic E-state index is 0.0670. The number of halogens is 1. The Balaban J connectivity index is 1.44. The molecule has 36 heavy (non-hydrogen) atoms. The van der Waals surface area contributed by atoms with Gasteiger partial charge in [0.25, 0.3) is 10.2 Å². The van der Waals surface area contributed by atoms with Crippen LogP contribution in [0.2, 0.25) is 5.02 Å². The number of hydrogen-bond donors (Lipinski definition) is 0. The van der Waals surface area contributed by atoms with E-state index in [1.165, 1.54) is 0 Å². The summed E-state index contributed by atoms with van der Waals surface area (Å²) in [6.07, 6.45) is -3.66. The lowest BCUT2D eigenvalue weighted by atomic mass is 10.0. The molecule has 4 atom stereocenters. The number of benzene rings is 1. The Morgan fingerprint density at radius 2 is 1.69 bits per heavy atom. The summed E-state index contributed by atoms with van der Waals surface area (Å²) in [5.41, 5.74) is 2.36. The number of nitrogens with zero attached hydrogens (tertiary/aromatic N) is 3. The van der Waals surface area contributed by atoms with Gasteiger partial charge in [0.2, 0.25) is 0 Å². The van der Waals surface area contributed by atoms with Gasteiger partial charge in [0.1, 0.15) is 18.3 Å². The lowest BCUT2D eigenvalue weighted by Crippen LogP contribution is -2.30. The first-order valence-electron chi connectivity index (χ1n) is 10.5. The van der Waals surface area contributed by atoms with Crippen LogP contribution in [-0.2, 0) is 30.6 Å². The minimum atomic E-state index is -1.38. The van der Waals surface area contributed by atoms with Crippen molar-refractivity contribution in [2.24, 2.45) is 5.92 Å². The first-order valence-corrected chi connectivity index (χ1v) is 10.9. The van der Waals surface area contributed by atoms with Crippen LogP contribution in [0, 0.1) is 33.1 Å². The van der Waals surface area contributed by atoms with Crippen LogP contribution >= 0.6 is 11.6 Å². The van der Waals surface area contributed by atoms with Crippen LogP contribution in [0.5, 0.6) is 5.75 Å². The van der Waals surface area contributed by atoms with Crippen molar-refractivity contribution in [3.8, 4) is 5.75 Å². The summed E-state index contributed by atoms with van der Waals surface area (Å²) < 4.78 is 15.9. The molecule has 1 fully saturated rings. The van der Waals surface area contributed by atoms with Gasteiger partial charge in [-0.1, -0.05) is 23.7 Å². The van der Waals surface area contributed by atoms with E-state index in [4.69, 9.17) is 25.8 Å². The van der Waals surface area contributed by atoms with Gasteiger partial charge in [0, 0.05) is 22.3 Å². The van der Waals surface area contributed by atoms with Crippen molar-refractivity contribution in [2.75, 3.05) is 0 Å². The van der Waals surface area contributed by atoms with Gasteiger partial charge in [-0.25, -0.2) is 4.79 Å². The SMILES string of the molecule is Cc1ncc2c(c1OC(=O)OC(=O)[C@@H]1C[C@H](O[N+](=O)[O-])[C@H](O[N+](=O)[O-])C1)COC2c1ccc(Cl)cc1. The van der Waals surface area contributed by atoms with Crippen molar-refractivity contribution in [3.05, 3.63) is 78.1 Å². The van der Waals surface area contributed by atoms with Gasteiger partial charge in [-0.3, -0.25) is 9.78 Å². The molecule has 14 nitrogen and oxygen atoms in total. The number of aryl methyl sites for hydroxylation is 1. The fraction of sp³-hybridized carbons (Fsp3) is 0.381. The first-order chi connectivity index (χ1) is 17.1. The molecule has 4 rings (SSSR count). The predicted molar refractivity (Wildman–Crippen MR) is 116 cm³/mol. The molecule has 1 aliphatic heterocycles. The van der Waals surface area contributed by atoms with E-state index in [0.717, 1.165) is 5.56 Å². The van der Waals surface area contributed by atoms with Crippen molar-refractivity contribution in [3.63, 3.8) is 0 Å². The minimum Gasteiger partial charge on any atom is -0.392 e. The summed E-state index contributed by atoms with van der Waals surface area (Å²) in [6, 6.07) is 7.02. The molecule has 0 amide bonds. The zero-order valence-corrected chi connectivity index (χ0v) is 19.3. The van der Waals surface area contributed by atoms with Crippen LogP contribution in [0.4, 0.5) is 4.79 Å². The molecule has 190 valence electrons. The molecule has 2 aromatic rings. The monoisotopic (exact) mass is 523 g/mol. The first kappa shape index (κ1) is 25.1. The van der Waals surface area contributed by atoms with Crippen LogP contribution < -0.4 is 4.74 Å². The van der Waals surface area contributed by atoms with Crippen molar-refractivity contribution in [1.29, 1.82) is 0 Å². The number of carbonyl (C=O) groups is 2. The number of hydrogen-bond acceptors (Lipinski definition) is 12. The summed E-state index contributed by atoms with van der Waals surface area (Å²) in [5.74, 6) is -2.16. The van der Waals surface area contributed by atoms with Crippen molar-refractivity contribution < 1.29 is 43.6 Å². The molecule has 0 spiro atoms. The second-order valence-corrected chi connectivity index (χ2v) is 8.46. The standard InChI is InChI=1S/C21H18ClN3O11/c1-10-18(15-9-32-19(14(15)8-23-10)11-2-4-13(22)5-3-11)33-21(27)34-20(26)12-6-16(35-24(28)29)17(7-12)36-25(30)31/h2-5,8,12,16-17,19H,6-7,9H2,1H3/t12-,16+,17-,19?. The maximum absolute atomic E-state index is 12.5. The highest BCUT2D eigenvalue weighted by molar-refractivity contribution is 6.30. The maximum Gasteiger partial charge on any atom is 0.521 e. The average Bonchev–Trinajstić information content (AvgIpc) is 3.40. The molecule has 0 radical (unpaired) electrons. The van der Waals surface area contributed by atoms with Crippen molar-refractivity contribution in [1.82, 2.24) is 4.98 Å². The van der Waals surface area contributed by atoms with Gasteiger partial charge < -0.3 is 23.9 Å². The smallest absolute Gasteiger partial charge is 0.392 e. The normalized spacial score (nSPS) is 22.4. The van der Waals surface area contributed by atoms with E-state index in [-0.39, 0.29) is 25.2 Å². The second kappa shape index (κ2) is 10.3. The highest BCUT2D eigenvalue weighted by Gasteiger charge is 2.44. The van der Waals surface area contributed by atoms with Gasteiger partial charge in [0.05, 0.1) is 18.2 Å². The number of aromatic nitrogens is 1. The number of rotatable bonds is 7. The molecule has 1 saturated carbocycles. The highest BCUT2D eigenvalue weighted by Crippen LogP contribution is 2.41. The molecule has 1 unspecified atom stereocenters. The summed E-state index contributed by atoms with van der Waals surface area (Å²) in [7, 11) is 0. The lowest BCUT2D eigenvalue weighted by molar-refractivity contribution is -0.797. The predicted octanol–water partition coefficient (Wildman–Crippen LogP) is 3.27. The van der Waals surface area contributed by atoms with Crippen molar-refractivity contribution in [2.45, 2.75) is 44.7 Å². The number of pyridine rings is 1. The van der Waals surface area contributed by atoms with Crippen LogP contribution in [0.1, 0.15) is 41.3 Å². The molecule has 1 aliphatic carbocycles. The zero-order chi connectivity index (χ0) is 26.0. The third kappa shape index (κ3) is 5.44. The molecule has 0 bridgehead atoms. The van der Waals surface area contributed by atoms with E-state index in [2.05, 4.69) is 14.7 Å². The van der Waals surface area contributed by atoms with E-state index in [9.17, 15) is 29.8 Å². The molecular formula is C21H18ClN3O11. The number of carbonyl (C=O) groups excluding carboxylic acids is 2. The van der Waals surface area contributed by atoms with E-state index in [0.29, 0.717) is 21.8 Å². The third-order valence-electron chi connectivity index (χ3n) is 5.79. The van der Waals surface area contributed by atoms with Crippen LogP contribution in [0.25, 0.3) is 0 Å². The maximum atomic E-state index is 12.5. The summed E-state index contributed by atoms with van der Waals surface area (Å²) in [6.45, 7) is 1.70. The molecule has 1 aromatic heterocycles. The van der Waals surface area contributed by atoms with Gasteiger partial charge in [0.15, 0.2) is 5.75 Å². The van der Waals surface area contributed by atoms with E-state index in [1.54, 1.807) is 37.4 Å². The number of fused-ring (bicyclic) bond motifs is 1. The van der Waals surface area contributed by atoms with Crippen LogP contribution in [0.15, 0.2) is 30.5 Å². The van der Waals surface area contributed by atoms with Gasteiger partial charge in [-0.15, -0.1) is 20.2 Å². The fourth-order valence-corrected chi connectivity index (χ4v) is 4.32. The summed E-state index contributed by atoms with van der Waals surface area (Å²) in [5, 5.41) is 19.6. The molecule has 2 aliphatic rings. The zero-order valence-electron chi connectivity index (χ0n) is 18.5. The summed E-state index contributed by atoms with van der Waals surface area (Å²) in [4.78, 5) is 59.1. The van der Waals surface area contributed by atoms with Crippen LogP contribution in [-0.4, -0.2) is 39.5 Å². The third-order valence-corrected chi connectivity index (χ3v) is 6.04. The van der Waals surface area contributed by atoms with Crippen LogP contribution in [0.3, 0.4) is 0 Å². The Labute approximate surface area is 207 Å². The Hall–Kier alpha value is -4.04. The molecular weight excluding hydrogens is 506 g/mol. The highest BCUT2D eigenvalue weighted by atomic mass is 35.5. The molecule has 2 heterocycles. The Morgan fingerprint density at radius 1 is 1.08 bits per heavy atom. The van der Waals surface area contributed by atoms with E-state index < -0.39 is 46.5 Å². The van der Waals surface area contributed by atoms with Gasteiger partial charge >= 0.3 is 12.1 Å². The van der Waals surface area contributed by atoms with E-state index in [1.807, 2.05) is 0 Å². The lowest BCUT2D eigenvalue weighted by Gasteiger charge is -2.14. The Bertz CT molecular complexity index is 1180. The fourth-order valence-electron chi connectivity index (χ4n) is 4.20. The molecule has 1 aromatic carbocycles. The number of esters is 1. The quantitative estimate of drug-likeness (QED) is 0.224. The Kier molecular flexibility index (Phi) is 7.17. The molecule has 0 N–H and O–H groups in total. The largest absolute Gasteiger partial charge is 0.521 e. The van der Waals surface area contributed by atoms with E-state index >= 15 is 0 Å². The average molecular weight is 524 g/mol. The van der Waals surface area contributed by atoms with Gasteiger partial charge in [-0.05, 0) is 37.5 Å². The topological polar surface area (TPSA) is 179 Å². The second-order valence-electron chi connectivity index (χ2n) is 8.03.